The lowest BCUT2D eigenvalue weighted by Crippen LogP contribution is -2.28. The highest BCUT2D eigenvalue weighted by atomic mass is 28.3. The first kappa shape index (κ1) is 17.9. The summed E-state index contributed by atoms with van der Waals surface area (Å²) in [6.45, 7) is 4.64. The van der Waals surface area contributed by atoms with Crippen LogP contribution in [0.15, 0.2) is 72.1 Å². The largest absolute Gasteiger partial charge is 0.103 e. The topological polar surface area (TPSA) is 0 Å². The van der Waals surface area contributed by atoms with Gasteiger partial charge in [-0.3, -0.25) is 0 Å². The van der Waals surface area contributed by atoms with Crippen molar-refractivity contribution in [1.82, 2.24) is 0 Å². The number of allylic oxidation sites excluding steroid dienone is 2. The Labute approximate surface area is 154 Å². The standard InChI is InChI=1S/C24H30Si/c1-3-5-17-25(18-6-4-2)19-23(21-13-9-7-10-14-21)24(20-25)22-15-11-8-12-16-22/h7-16,19-20H,3-6,17-18H2,1-2H3. The SMILES string of the molecule is CCCC[Si]1(CCCC)C=C(c2ccccc2)C(c2ccccc2)=C1. The minimum Gasteiger partial charge on any atom is -0.0819 e. The minimum atomic E-state index is -1.49. The van der Waals surface area contributed by atoms with Crippen molar-refractivity contribution in [1.29, 1.82) is 0 Å². The Kier molecular flexibility index (Phi) is 6.09. The molecule has 0 atom stereocenters. The zero-order valence-electron chi connectivity index (χ0n) is 15.7. The maximum absolute atomic E-state index is 2.72. The summed E-state index contributed by atoms with van der Waals surface area (Å²) >= 11 is 0. The van der Waals surface area contributed by atoms with E-state index in [1.165, 1.54) is 60.0 Å². The van der Waals surface area contributed by atoms with E-state index in [0.29, 0.717) is 0 Å². The highest BCUT2D eigenvalue weighted by molar-refractivity contribution is 6.92. The summed E-state index contributed by atoms with van der Waals surface area (Å²) in [6, 6.07) is 24.8. The van der Waals surface area contributed by atoms with Gasteiger partial charge in [0.15, 0.2) is 0 Å². The van der Waals surface area contributed by atoms with E-state index < -0.39 is 8.07 Å². The molecule has 3 rings (SSSR count). The third kappa shape index (κ3) is 4.22. The van der Waals surface area contributed by atoms with Crippen molar-refractivity contribution >= 4 is 19.2 Å². The van der Waals surface area contributed by atoms with E-state index in [1.54, 1.807) is 0 Å². The predicted octanol–water partition coefficient (Wildman–Crippen LogP) is 7.29. The van der Waals surface area contributed by atoms with E-state index in [9.17, 15) is 0 Å². The summed E-state index contributed by atoms with van der Waals surface area (Å²) in [6.07, 6.45) is 5.30. The van der Waals surface area contributed by atoms with Gasteiger partial charge in [0.1, 0.15) is 8.07 Å². The van der Waals surface area contributed by atoms with Gasteiger partial charge in [0.2, 0.25) is 0 Å². The molecule has 0 saturated heterocycles. The van der Waals surface area contributed by atoms with Crippen LogP contribution in [0, 0.1) is 0 Å². The van der Waals surface area contributed by atoms with Crippen molar-refractivity contribution in [3.05, 3.63) is 83.2 Å². The Hall–Kier alpha value is -1.86. The van der Waals surface area contributed by atoms with Crippen LogP contribution in [0.1, 0.15) is 50.7 Å². The molecular weight excluding hydrogens is 316 g/mol. The Balaban J connectivity index is 2.06. The number of benzene rings is 2. The smallest absolute Gasteiger partial charge is 0.0819 e. The number of unbranched alkanes of at least 4 members (excludes halogenated alkanes) is 2. The van der Waals surface area contributed by atoms with E-state index in [-0.39, 0.29) is 0 Å². The van der Waals surface area contributed by atoms with Crippen LogP contribution in [0.2, 0.25) is 12.1 Å². The van der Waals surface area contributed by atoms with E-state index in [2.05, 4.69) is 85.9 Å². The fourth-order valence-corrected chi connectivity index (χ4v) is 8.64. The lowest BCUT2D eigenvalue weighted by atomic mass is 9.95. The maximum Gasteiger partial charge on any atom is 0.103 e. The molecule has 1 aliphatic rings. The summed E-state index contributed by atoms with van der Waals surface area (Å²) in [5, 5.41) is 0. The average molecular weight is 347 g/mol. The van der Waals surface area contributed by atoms with E-state index in [0.717, 1.165) is 0 Å². The molecule has 0 aromatic heterocycles. The zero-order valence-corrected chi connectivity index (χ0v) is 16.7. The van der Waals surface area contributed by atoms with Crippen molar-refractivity contribution in [2.24, 2.45) is 0 Å². The first-order valence-electron chi connectivity index (χ1n) is 9.85. The van der Waals surface area contributed by atoms with Crippen LogP contribution < -0.4 is 0 Å². The summed E-state index contributed by atoms with van der Waals surface area (Å²) in [4.78, 5) is 0. The molecule has 0 fully saturated rings. The maximum atomic E-state index is 2.72. The summed E-state index contributed by atoms with van der Waals surface area (Å²) in [5.74, 6) is 0. The fraction of sp³-hybridized carbons (Fsp3) is 0.333. The first-order chi connectivity index (χ1) is 12.3. The third-order valence-electron chi connectivity index (χ3n) is 5.31. The van der Waals surface area contributed by atoms with Crippen LogP contribution >= 0.6 is 0 Å². The molecule has 2 aromatic carbocycles. The molecule has 1 heteroatoms. The van der Waals surface area contributed by atoms with Gasteiger partial charge in [-0.25, -0.2) is 0 Å². The van der Waals surface area contributed by atoms with Crippen LogP contribution in [-0.4, -0.2) is 8.07 Å². The Morgan fingerprint density at radius 1 is 0.600 bits per heavy atom. The second-order valence-corrected chi connectivity index (χ2v) is 11.3. The van der Waals surface area contributed by atoms with Gasteiger partial charge in [0.05, 0.1) is 0 Å². The molecular formula is C24H30Si. The third-order valence-corrected chi connectivity index (χ3v) is 9.61. The van der Waals surface area contributed by atoms with Gasteiger partial charge in [-0.05, 0) is 22.3 Å². The normalized spacial score (nSPS) is 15.8. The van der Waals surface area contributed by atoms with Crippen molar-refractivity contribution < 1.29 is 0 Å². The monoisotopic (exact) mass is 346 g/mol. The Bertz CT molecular complexity index is 660. The molecule has 0 N–H and O–H groups in total. The Morgan fingerprint density at radius 3 is 1.36 bits per heavy atom. The summed E-state index contributed by atoms with van der Waals surface area (Å²) in [7, 11) is -1.49. The van der Waals surface area contributed by atoms with Gasteiger partial charge in [0.25, 0.3) is 0 Å². The quantitative estimate of drug-likeness (QED) is 0.440. The molecule has 0 aliphatic carbocycles. The molecule has 130 valence electrons. The minimum absolute atomic E-state index is 1.30. The van der Waals surface area contributed by atoms with Crippen LogP contribution in [0.25, 0.3) is 11.1 Å². The predicted molar refractivity (Wildman–Crippen MR) is 114 cm³/mol. The highest BCUT2D eigenvalue weighted by Crippen LogP contribution is 2.43. The average Bonchev–Trinajstić information content (AvgIpc) is 3.06. The molecule has 0 nitrogen and oxygen atoms in total. The molecule has 1 aliphatic heterocycles. The number of hydrogen-bond donors (Lipinski definition) is 0. The van der Waals surface area contributed by atoms with Crippen molar-refractivity contribution in [2.45, 2.75) is 51.6 Å². The van der Waals surface area contributed by atoms with Gasteiger partial charge in [0, 0.05) is 0 Å². The van der Waals surface area contributed by atoms with Crippen molar-refractivity contribution in [3.63, 3.8) is 0 Å². The lowest BCUT2D eigenvalue weighted by Gasteiger charge is -2.22. The van der Waals surface area contributed by atoms with Crippen LogP contribution in [0.4, 0.5) is 0 Å². The second kappa shape index (κ2) is 8.49. The molecule has 0 saturated carbocycles. The van der Waals surface area contributed by atoms with Crippen LogP contribution in [-0.2, 0) is 0 Å². The van der Waals surface area contributed by atoms with Gasteiger partial charge in [-0.1, -0.05) is 124 Å². The molecule has 2 aromatic rings. The second-order valence-electron chi connectivity index (χ2n) is 7.29. The highest BCUT2D eigenvalue weighted by Gasteiger charge is 2.34. The van der Waals surface area contributed by atoms with Crippen LogP contribution in [0.3, 0.4) is 0 Å². The molecule has 0 bridgehead atoms. The molecule has 0 radical (unpaired) electrons. The van der Waals surface area contributed by atoms with Gasteiger partial charge < -0.3 is 0 Å². The van der Waals surface area contributed by atoms with Crippen molar-refractivity contribution in [3.8, 4) is 0 Å². The summed E-state index contributed by atoms with van der Waals surface area (Å²) in [5.41, 5.74) is 11.1. The zero-order chi connectivity index (χ0) is 17.5. The molecule has 0 amide bonds. The van der Waals surface area contributed by atoms with Gasteiger partial charge >= 0.3 is 0 Å². The summed E-state index contributed by atoms with van der Waals surface area (Å²) < 4.78 is 0. The first-order valence-corrected chi connectivity index (χ1v) is 12.4. The Morgan fingerprint density at radius 2 is 1.00 bits per heavy atom. The van der Waals surface area contributed by atoms with E-state index in [1.807, 2.05) is 0 Å². The van der Waals surface area contributed by atoms with Crippen molar-refractivity contribution in [2.75, 3.05) is 0 Å². The van der Waals surface area contributed by atoms with Crippen LogP contribution in [0.5, 0.6) is 0 Å². The fourth-order valence-electron chi connectivity index (χ4n) is 3.91. The van der Waals surface area contributed by atoms with E-state index >= 15 is 0 Å². The molecule has 25 heavy (non-hydrogen) atoms. The molecule has 1 heterocycles. The van der Waals surface area contributed by atoms with E-state index in [4.69, 9.17) is 0 Å². The van der Waals surface area contributed by atoms with Gasteiger partial charge in [-0.2, -0.15) is 0 Å². The number of hydrogen-bond acceptors (Lipinski definition) is 0. The number of rotatable bonds is 8. The molecule has 0 spiro atoms. The lowest BCUT2D eigenvalue weighted by molar-refractivity contribution is 0.837. The van der Waals surface area contributed by atoms with Gasteiger partial charge in [-0.15, -0.1) is 0 Å². The molecule has 0 unspecified atom stereocenters.